The van der Waals surface area contributed by atoms with Crippen LogP contribution in [0.1, 0.15) is 19.3 Å². The summed E-state index contributed by atoms with van der Waals surface area (Å²) in [6.07, 6.45) is 10.5. The van der Waals surface area contributed by atoms with Crippen molar-refractivity contribution in [3.05, 3.63) is 42.0 Å². The van der Waals surface area contributed by atoms with Crippen molar-refractivity contribution in [3.63, 3.8) is 0 Å². The van der Waals surface area contributed by atoms with Crippen molar-refractivity contribution in [2.75, 3.05) is 26.5 Å². The van der Waals surface area contributed by atoms with Gasteiger partial charge in [0.25, 0.3) is 0 Å². The molecule has 4 heteroatoms. The highest BCUT2D eigenvalue weighted by atomic mass is 16.7. The van der Waals surface area contributed by atoms with Crippen molar-refractivity contribution in [1.82, 2.24) is 5.32 Å². The predicted octanol–water partition coefficient (Wildman–Crippen LogP) is 3.30. The number of fused-ring (bicyclic) bond motifs is 1. The van der Waals surface area contributed by atoms with Gasteiger partial charge in [-0.15, -0.1) is 0 Å². The first-order valence-corrected chi connectivity index (χ1v) is 8.50. The zero-order chi connectivity index (χ0) is 15.5. The average molecular weight is 313 g/mol. The molecule has 2 heterocycles. The van der Waals surface area contributed by atoms with E-state index in [-0.39, 0.29) is 0 Å². The second-order valence-electron chi connectivity index (χ2n) is 6.37. The topological polar surface area (TPSA) is 39.7 Å². The average Bonchev–Trinajstić information content (AvgIpc) is 3.09. The Hall–Kier alpha value is -1.94. The highest BCUT2D eigenvalue weighted by molar-refractivity contribution is 5.46. The molecule has 1 fully saturated rings. The quantitative estimate of drug-likeness (QED) is 0.926. The fourth-order valence-electron chi connectivity index (χ4n) is 3.62. The summed E-state index contributed by atoms with van der Waals surface area (Å²) in [5.74, 6) is 3.53. The van der Waals surface area contributed by atoms with Gasteiger partial charge in [0, 0.05) is 18.5 Å². The molecule has 1 aliphatic carbocycles. The number of benzene rings is 1. The number of nitrogens with one attached hydrogen (secondary N) is 1. The van der Waals surface area contributed by atoms with Crippen molar-refractivity contribution >= 4 is 0 Å². The van der Waals surface area contributed by atoms with Crippen molar-refractivity contribution in [3.8, 4) is 17.2 Å². The molecule has 4 rings (SSSR count). The van der Waals surface area contributed by atoms with Crippen molar-refractivity contribution in [2.24, 2.45) is 11.8 Å². The Labute approximate surface area is 137 Å². The molecule has 2 aliphatic heterocycles. The van der Waals surface area contributed by atoms with Gasteiger partial charge in [-0.05, 0) is 49.4 Å². The number of hydrogen-bond acceptors (Lipinski definition) is 4. The summed E-state index contributed by atoms with van der Waals surface area (Å²) in [5.41, 5.74) is 1.50. The van der Waals surface area contributed by atoms with Crippen LogP contribution in [0.5, 0.6) is 17.2 Å². The molecular weight excluding hydrogens is 290 g/mol. The molecule has 1 N–H and O–H groups in total. The van der Waals surface area contributed by atoms with E-state index < -0.39 is 0 Å². The number of ether oxygens (including phenoxy) is 3. The van der Waals surface area contributed by atoms with Crippen LogP contribution in [0.25, 0.3) is 0 Å². The van der Waals surface area contributed by atoms with Crippen LogP contribution in [0.3, 0.4) is 0 Å². The van der Waals surface area contributed by atoms with E-state index in [1.54, 1.807) is 0 Å². The van der Waals surface area contributed by atoms with E-state index in [0.717, 1.165) is 36.9 Å². The molecule has 2 unspecified atom stereocenters. The summed E-state index contributed by atoms with van der Waals surface area (Å²) in [5, 5.41) is 3.51. The number of rotatable bonds is 4. The van der Waals surface area contributed by atoms with E-state index in [0.29, 0.717) is 18.6 Å². The second kappa shape index (κ2) is 6.67. The summed E-state index contributed by atoms with van der Waals surface area (Å²) >= 11 is 0. The Balaban J connectivity index is 1.42. The molecule has 3 aliphatic rings. The fourth-order valence-corrected chi connectivity index (χ4v) is 3.62. The lowest BCUT2D eigenvalue weighted by atomic mass is 9.79. The first-order chi connectivity index (χ1) is 11.4. The molecule has 1 aromatic carbocycles. The lowest BCUT2D eigenvalue weighted by molar-refractivity contribution is 0.172. The maximum absolute atomic E-state index is 6.06. The highest BCUT2D eigenvalue weighted by Gasteiger charge is 2.28. The van der Waals surface area contributed by atoms with Crippen molar-refractivity contribution < 1.29 is 14.2 Å². The molecular formula is C19H23NO3. The van der Waals surface area contributed by atoms with Gasteiger partial charge in [0.15, 0.2) is 11.5 Å². The van der Waals surface area contributed by atoms with Crippen LogP contribution in [0, 0.1) is 11.8 Å². The summed E-state index contributed by atoms with van der Waals surface area (Å²) in [6.45, 7) is 3.13. The maximum Gasteiger partial charge on any atom is 0.231 e. The smallest absolute Gasteiger partial charge is 0.231 e. The molecule has 2 atom stereocenters. The van der Waals surface area contributed by atoms with Gasteiger partial charge in [0.1, 0.15) is 5.75 Å². The van der Waals surface area contributed by atoms with E-state index in [4.69, 9.17) is 14.2 Å². The molecule has 0 amide bonds. The lowest BCUT2D eigenvalue weighted by Gasteiger charge is -2.33. The SMILES string of the molecule is C1=CC(C2CCNCC2COc2ccc3c(c2)OCO3)=CCC1. The Kier molecular flexibility index (Phi) is 4.24. The zero-order valence-electron chi connectivity index (χ0n) is 13.3. The van der Waals surface area contributed by atoms with Gasteiger partial charge in [-0.2, -0.15) is 0 Å². The van der Waals surface area contributed by atoms with Crippen molar-refractivity contribution in [1.29, 1.82) is 0 Å². The minimum Gasteiger partial charge on any atom is -0.493 e. The summed E-state index contributed by atoms with van der Waals surface area (Å²) in [4.78, 5) is 0. The predicted molar refractivity (Wildman–Crippen MR) is 89.0 cm³/mol. The van der Waals surface area contributed by atoms with Crippen LogP contribution in [0.4, 0.5) is 0 Å². The van der Waals surface area contributed by atoms with Gasteiger partial charge in [-0.1, -0.05) is 18.2 Å². The minimum atomic E-state index is 0.299. The van der Waals surface area contributed by atoms with E-state index in [1.807, 2.05) is 18.2 Å². The molecule has 0 aromatic heterocycles. The lowest BCUT2D eigenvalue weighted by Crippen LogP contribution is -2.40. The molecule has 23 heavy (non-hydrogen) atoms. The van der Waals surface area contributed by atoms with Crippen LogP contribution in [0.15, 0.2) is 42.0 Å². The van der Waals surface area contributed by atoms with Crippen LogP contribution in [-0.2, 0) is 0 Å². The largest absolute Gasteiger partial charge is 0.493 e. The van der Waals surface area contributed by atoms with Crippen LogP contribution in [-0.4, -0.2) is 26.5 Å². The Morgan fingerprint density at radius 3 is 3.04 bits per heavy atom. The second-order valence-corrected chi connectivity index (χ2v) is 6.37. The van der Waals surface area contributed by atoms with Gasteiger partial charge >= 0.3 is 0 Å². The van der Waals surface area contributed by atoms with E-state index in [9.17, 15) is 0 Å². The normalized spacial score (nSPS) is 26.0. The molecule has 0 radical (unpaired) electrons. The third kappa shape index (κ3) is 3.22. The molecule has 0 bridgehead atoms. The van der Waals surface area contributed by atoms with Crippen molar-refractivity contribution in [2.45, 2.75) is 19.3 Å². The standard InChI is InChI=1S/C19H23NO3/c1-2-4-14(5-3-1)17-8-9-20-11-15(17)12-21-16-6-7-18-19(10-16)23-13-22-18/h2,4-7,10,15,17,20H,1,3,8-9,11-13H2. The van der Waals surface area contributed by atoms with Gasteiger partial charge in [0.2, 0.25) is 6.79 Å². The third-order valence-corrected chi connectivity index (χ3v) is 4.87. The van der Waals surface area contributed by atoms with Gasteiger partial charge in [-0.25, -0.2) is 0 Å². The number of piperidine rings is 1. The summed E-state index contributed by atoms with van der Waals surface area (Å²) in [7, 11) is 0. The first kappa shape index (κ1) is 14.6. The fraction of sp³-hybridized carbons (Fsp3) is 0.474. The summed E-state index contributed by atoms with van der Waals surface area (Å²) in [6, 6.07) is 5.80. The van der Waals surface area contributed by atoms with E-state index >= 15 is 0 Å². The molecule has 0 saturated carbocycles. The maximum atomic E-state index is 6.06. The monoisotopic (exact) mass is 313 g/mol. The van der Waals surface area contributed by atoms with E-state index in [2.05, 4.69) is 23.5 Å². The molecule has 1 saturated heterocycles. The molecule has 122 valence electrons. The first-order valence-electron chi connectivity index (χ1n) is 8.50. The van der Waals surface area contributed by atoms with Crippen LogP contribution >= 0.6 is 0 Å². The number of allylic oxidation sites excluding steroid dienone is 4. The number of hydrogen-bond donors (Lipinski definition) is 1. The van der Waals surface area contributed by atoms with E-state index in [1.165, 1.54) is 24.8 Å². The van der Waals surface area contributed by atoms with Crippen LogP contribution in [0.2, 0.25) is 0 Å². The van der Waals surface area contributed by atoms with Gasteiger partial charge < -0.3 is 19.5 Å². The Morgan fingerprint density at radius 2 is 2.13 bits per heavy atom. The zero-order valence-corrected chi connectivity index (χ0v) is 13.3. The third-order valence-electron chi connectivity index (χ3n) is 4.87. The van der Waals surface area contributed by atoms with Gasteiger partial charge in [-0.3, -0.25) is 0 Å². The molecule has 0 spiro atoms. The highest BCUT2D eigenvalue weighted by Crippen LogP contribution is 2.36. The molecule has 1 aromatic rings. The Morgan fingerprint density at radius 1 is 1.17 bits per heavy atom. The minimum absolute atomic E-state index is 0.299. The Bertz CT molecular complexity index is 623. The van der Waals surface area contributed by atoms with Gasteiger partial charge in [0.05, 0.1) is 6.61 Å². The molecule has 4 nitrogen and oxygen atoms in total. The van der Waals surface area contributed by atoms with Crippen LogP contribution < -0.4 is 19.5 Å². The summed E-state index contributed by atoms with van der Waals surface area (Å²) < 4.78 is 16.8.